The van der Waals surface area contributed by atoms with Gasteiger partial charge < -0.3 is 14.2 Å². The van der Waals surface area contributed by atoms with Crippen LogP contribution in [0.25, 0.3) is 10.2 Å². The van der Waals surface area contributed by atoms with Crippen LogP contribution in [0.1, 0.15) is 27.6 Å². The highest BCUT2D eigenvalue weighted by Crippen LogP contribution is 2.25. The number of benzene rings is 1. The van der Waals surface area contributed by atoms with Crippen LogP contribution in [-0.4, -0.2) is 42.1 Å². The average Bonchev–Trinajstić information content (AvgIpc) is 3.14. The Morgan fingerprint density at radius 3 is 2.64 bits per heavy atom. The first-order valence-corrected chi connectivity index (χ1v) is 9.27. The standard InChI is InChI=1S/C19H18N2O6S/c1-4-27-19(24)13-9-28-17-16(13)18(23)21(10-20-17)8-14(22)12-6-5-11(25-2)7-15(12)26-3/h5-7,9-10H,4,8H2,1-3H3. The molecule has 0 unspecified atom stereocenters. The molecule has 28 heavy (non-hydrogen) atoms. The summed E-state index contributed by atoms with van der Waals surface area (Å²) >= 11 is 1.17. The van der Waals surface area contributed by atoms with E-state index in [1.54, 1.807) is 25.1 Å². The zero-order valence-corrected chi connectivity index (χ0v) is 16.4. The van der Waals surface area contributed by atoms with Crippen LogP contribution in [0.2, 0.25) is 0 Å². The summed E-state index contributed by atoms with van der Waals surface area (Å²) in [6.07, 6.45) is 1.30. The molecular weight excluding hydrogens is 384 g/mol. The van der Waals surface area contributed by atoms with E-state index in [0.29, 0.717) is 21.9 Å². The lowest BCUT2D eigenvalue weighted by atomic mass is 10.1. The van der Waals surface area contributed by atoms with E-state index in [9.17, 15) is 14.4 Å². The quantitative estimate of drug-likeness (QED) is 0.442. The number of fused-ring (bicyclic) bond motifs is 1. The zero-order chi connectivity index (χ0) is 20.3. The summed E-state index contributed by atoms with van der Waals surface area (Å²) in [4.78, 5) is 42.3. The predicted molar refractivity (Wildman–Crippen MR) is 104 cm³/mol. The van der Waals surface area contributed by atoms with E-state index < -0.39 is 11.5 Å². The lowest BCUT2D eigenvalue weighted by molar-refractivity contribution is 0.0529. The van der Waals surface area contributed by atoms with Crippen molar-refractivity contribution >= 4 is 33.3 Å². The fraction of sp³-hybridized carbons (Fsp3) is 0.263. The molecule has 0 bridgehead atoms. The van der Waals surface area contributed by atoms with Gasteiger partial charge in [-0.25, -0.2) is 9.78 Å². The Hall–Kier alpha value is -3.20. The number of rotatable bonds is 7. The molecule has 0 spiro atoms. The molecule has 0 atom stereocenters. The van der Waals surface area contributed by atoms with E-state index in [0.717, 1.165) is 0 Å². The third-order valence-electron chi connectivity index (χ3n) is 4.08. The molecule has 8 nitrogen and oxygen atoms in total. The molecule has 1 aromatic carbocycles. The second kappa shape index (κ2) is 8.22. The van der Waals surface area contributed by atoms with Crippen molar-refractivity contribution in [1.82, 2.24) is 9.55 Å². The second-order valence-electron chi connectivity index (χ2n) is 5.72. The molecule has 0 fully saturated rings. The van der Waals surface area contributed by atoms with Gasteiger partial charge in [-0.1, -0.05) is 0 Å². The first-order valence-electron chi connectivity index (χ1n) is 8.39. The largest absolute Gasteiger partial charge is 0.497 e. The van der Waals surface area contributed by atoms with Gasteiger partial charge in [-0.2, -0.15) is 0 Å². The molecule has 0 aliphatic carbocycles. The van der Waals surface area contributed by atoms with Crippen LogP contribution in [0.15, 0.2) is 34.7 Å². The minimum absolute atomic E-state index is 0.153. The molecule has 0 saturated heterocycles. The molecule has 0 saturated carbocycles. The number of esters is 1. The Labute approximate surface area is 164 Å². The smallest absolute Gasteiger partial charge is 0.339 e. The number of carbonyl (C=O) groups excluding carboxylic acids is 2. The molecule has 3 rings (SSSR count). The van der Waals surface area contributed by atoms with Crippen molar-refractivity contribution in [2.24, 2.45) is 0 Å². The first kappa shape index (κ1) is 19.6. The number of methoxy groups -OCH3 is 2. The van der Waals surface area contributed by atoms with Gasteiger partial charge >= 0.3 is 5.97 Å². The molecule has 3 aromatic rings. The minimum Gasteiger partial charge on any atom is -0.497 e. The van der Waals surface area contributed by atoms with Gasteiger partial charge in [-0.15, -0.1) is 11.3 Å². The highest BCUT2D eigenvalue weighted by Gasteiger charge is 2.20. The van der Waals surface area contributed by atoms with Crippen LogP contribution >= 0.6 is 11.3 Å². The van der Waals surface area contributed by atoms with Gasteiger partial charge in [0.2, 0.25) is 0 Å². The van der Waals surface area contributed by atoms with Crippen LogP contribution in [0.5, 0.6) is 11.5 Å². The summed E-state index contributed by atoms with van der Waals surface area (Å²) in [5.74, 6) is -0.0376. The van der Waals surface area contributed by atoms with Crippen LogP contribution in [-0.2, 0) is 11.3 Å². The fourth-order valence-electron chi connectivity index (χ4n) is 2.71. The van der Waals surface area contributed by atoms with Crippen LogP contribution < -0.4 is 15.0 Å². The molecule has 146 valence electrons. The average molecular weight is 402 g/mol. The predicted octanol–water partition coefficient (Wildman–Crippen LogP) is 2.53. The van der Waals surface area contributed by atoms with E-state index in [1.165, 1.54) is 41.8 Å². The molecule has 0 N–H and O–H groups in total. The Morgan fingerprint density at radius 2 is 1.96 bits per heavy atom. The summed E-state index contributed by atoms with van der Waals surface area (Å²) in [5, 5.41) is 1.69. The number of aromatic nitrogens is 2. The Balaban J connectivity index is 1.98. The molecule has 0 aliphatic rings. The second-order valence-corrected chi connectivity index (χ2v) is 6.58. The van der Waals surface area contributed by atoms with Gasteiger partial charge in [-0.3, -0.25) is 14.2 Å². The maximum atomic E-state index is 12.9. The normalized spacial score (nSPS) is 10.7. The van der Waals surface area contributed by atoms with Crippen molar-refractivity contribution in [1.29, 1.82) is 0 Å². The number of carbonyl (C=O) groups is 2. The van der Waals surface area contributed by atoms with Crippen molar-refractivity contribution < 1.29 is 23.8 Å². The fourth-order valence-corrected chi connectivity index (χ4v) is 3.57. The van der Waals surface area contributed by atoms with Crippen LogP contribution in [0, 0.1) is 0 Å². The minimum atomic E-state index is -0.589. The van der Waals surface area contributed by atoms with Gasteiger partial charge in [-0.05, 0) is 19.1 Å². The van der Waals surface area contributed by atoms with Gasteiger partial charge in [0.15, 0.2) is 5.78 Å². The maximum absolute atomic E-state index is 12.9. The summed E-state index contributed by atoms with van der Waals surface area (Å²) in [6, 6.07) is 4.80. The molecule has 0 aliphatic heterocycles. The molecule has 2 heterocycles. The molecule has 0 amide bonds. The van der Waals surface area contributed by atoms with Crippen molar-refractivity contribution in [3.63, 3.8) is 0 Å². The zero-order valence-electron chi connectivity index (χ0n) is 15.6. The number of ether oxygens (including phenoxy) is 3. The lowest BCUT2D eigenvalue weighted by Crippen LogP contribution is -2.25. The van der Waals surface area contributed by atoms with Crippen LogP contribution in [0.3, 0.4) is 0 Å². The van der Waals surface area contributed by atoms with Crippen molar-refractivity contribution in [3.05, 3.63) is 51.4 Å². The Kier molecular flexibility index (Phi) is 5.74. The van der Waals surface area contributed by atoms with Crippen molar-refractivity contribution in [2.75, 3.05) is 20.8 Å². The van der Waals surface area contributed by atoms with Crippen molar-refractivity contribution in [2.45, 2.75) is 13.5 Å². The highest BCUT2D eigenvalue weighted by atomic mass is 32.1. The summed E-state index contributed by atoms with van der Waals surface area (Å²) in [7, 11) is 2.96. The van der Waals surface area contributed by atoms with E-state index >= 15 is 0 Å². The number of nitrogens with zero attached hydrogens (tertiary/aromatic N) is 2. The van der Waals surface area contributed by atoms with Gasteiger partial charge in [0.1, 0.15) is 16.3 Å². The number of hydrogen-bond acceptors (Lipinski definition) is 8. The third-order valence-corrected chi connectivity index (χ3v) is 4.97. The Morgan fingerprint density at radius 1 is 1.18 bits per heavy atom. The van der Waals surface area contributed by atoms with E-state index in [-0.39, 0.29) is 29.9 Å². The first-order chi connectivity index (χ1) is 13.5. The van der Waals surface area contributed by atoms with E-state index in [4.69, 9.17) is 14.2 Å². The third kappa shape index (κ3) is 3.61. The molecule has 2 aromatic heterocycles. The number of hydrogen-bond donors (Lipinski definition) is 0. The van der Waals surface area contributed by atoms with E-state index in [2.05, 4.69) is 4.98 Å². The summed E-state index contributed by atoms with van der Waals surface area (Å²) < 4.78 is 16.5. The highest BCUT2D eigenvalue weighted by molar-refractivity contribution is 7.17. The number of Topliss-reactive ketones (excluding diaryl/α,β-unsaturated/α-hetero) is 1. The van der Waals surface area contributed by atoms with Gasteiger partial charge in [0.05, 0.1) is 50.2 Å². The van der Waals surface area contributed by atoms with E-state index in [1.807, 2.05) is 0 Å². The van der Waals surface area contributed by atoms with Crippen molar-refractivity contribution in [3.8, 4) is 11.5 Å². The molecule has 9 heteroatoms. The SMILES string of the molecule is CCOC(=O)c1csc2ncn(CC(=O)c3ccc(OC)cc3OC)c(=O)c12. The number of thiophene rings is 1. The maximum Gasteiger partial charge on any atom is 0.339 e. The molecule has 0 radical (unpaired) electrons. The monoisotopic (exact) mass is 402 g/mol. The van der Waals surface area contributed by atoms with Gasteiger partial charge in [0.25, 0.3) is 5.56 Å². The van der Waals surface area contributed by atoms with Gasteiger partial charge in [0, 0.05) is 11.4 Å². The lowest BCUT2D eigenvalue weighted by Gasteiger charge is -2.10. The Bertz CT molecular complexity index is 1100. The topological polar surface area (TPSA) is 96.7 Å². The molecular formula is C19H18N2O6S. The van der Waals surface area contributed by atoms with Crippen LogP contribution in [0.4, 0.5) is 0 Å². The summed E-state index contributed by atoms with van der Waals surface area (Å²) in [6.45, 7) is 1.63. The number of ketones is 1. The summed E-state index contributed by atoms with van der Waals surface area (Å²) in [5.41, 5.74) is -0.00968.